The van der Waals surface area contributed by atoms with Crippen LogP contribution in [0.3, 0.4) is 0 Å². The molecule has 150 valence electrons. The van der Waals surface area contributed by atoms with Gasteiger partial charge in [0.25, 0.3) is 5.91 Å². The highest BCUT2D eigenvalue weighted by Crippen LogP contribution is 2.35. The molecule has 0 unspecified atom stereocenters. The predicted molar refractivity (Wildman–Crippen MR) is 109 cm³/mol. The van der Waals surface area contributed by atoms with Gasteiger partial charge in [-0.25, -0.2) is 4.79 Å². The molecule has 7 nitrogen and oxygen atoms in total. The zero-order valence-corrected chi connectivity index (χ0v) is 17.0. The first-order valence-corrected chi connectivity index (χ1v) is 8.89. The summed E-state index contributed by atoms with van der Waals surface area (Å²) in [6.07, 6.45) is 1.33. The Morgan fingerprint density at radius 2 is 1.76 bits per heavy atom. The third-order valence-electron chi connectivity index (χ3n) is 3.61. The number of benzene rings is 2. The SMILES string of the molecule is COC(=O)COc1c(Cl)cc(/C=C(/C#N)C(=O)Nc2ccc(OC)cc2)cc1Cl. The van der Waals surface area contributed by atoms with Gasteiger partial charge in [-0.05, 0) is 48.0 Å². The van der Waals surface area contributed by atoms with Gasteiger partial charge in [-0.2, -0.15) is 5.26 Å². The zero-order valence-electron chi connectivity index (χ0n) is 15.5. The molecule has 0 spiro atoms. The molecule has 0 radical (unpaired) electrons. The summed E-state index contributed by atoms with van der Waals surface area (Å²) in [7, 11) is 2.76. The molecule has 9 heteroatoms. The summed E-state index contributed by atoms with van der Waals surface area (Å²) in [5, 5.41) is 12.2. The lowest BCUT2D eigenvalue weighted by molar-refractivity contribution is -0.142. The normalized spacial score (nSPS) is 10.7. The molecule has 0 aliphatic carbocycles. The molecule has 0 fully saturated rings. The Morgan fingerprint density at radius 1 is 1.14 bits per heavy atom. The minimum absolute atomic E-state index is 0.0945. The Hall–Kier alpha value is -3.21. The minimum atomic E-state index is -0.601. The molecular weight excluding hydrogens is 419 g/mol. The highest BCUT2D eigenvalue weighted by Gasteiger charge is 2.14. The van der Waals surface area contributed by atoms with Crippen molar-refractivity contribution in [2.24, 2.45) is 0 Å². The van der Waals surface area contributed by atoms with Crippen LogP contribution in [0.4, 0.5) is 5.69 Å². The molecule has 0 bridgehead atoms. The van der Waals surface area contributed by atoms with Crippen LogP contribution in [-0.2, 0) is 14.3 Å². The average Bonchev–Trinajstić information content (AvgIpc) is 2.71. The van der Waals surface area contributed by atoms with Gasteiger partial charge in [0.2, 0.25) is 0 Å². The van der Waals surface area contributed by atoms with Crippen LogP contribution in [0.25, 0.3) is 6.08 Å². The molecule has 0 heterocycles. The van der Waals surface area contributed by atoms with Crippen molar-refractivity contribution in [3.63, 3.8) is 0 Å². The fraction of sp³-hybridized carbons (Fsp3) is 0.150. The molecule has 1 N–H and O–H groups in total. The van der Waals surface area contributed by atoms with Gasteiger partial charge in [0, 0.05) is 5.69 Å². The Labute approximate surface area is 177 Å². The molecule has 0 saturated carbocycles. The second kappa shape index (κ2) is 10.4. The second-order valence-electron chi connectivity index (χ2n) is 5.53. The van der Waals surface area contributed by atoms with Crippen LogP contribution in [0.15, 0.2) is 42.0 Å². The Kier molecular flexibility index (Phi) is 7.89. The molecule has 0 saturated heterocycles. The summed E-state index contributed by atoms with van der Waals surface area (Å²) in [5.74, 6) is -0.464. The maximum Gasteiger partial charge on any atom is 0.343 e. The van der Waals surface area contributed by atoms with Gasteiger partial charge < -0.3 is 19.5 Å². The first-order valence-electron chi connectivity index (χ1n) is 8.13. The van der Waals surface area contributed by atoms with Crippen molar-refractivity contribution in [1.82, 2.24) is 0 Å². The Morgan fingerprint density at radius 3 is 2.28 bits per heavy atom. The number of nitriles is 1. The fourth-order valence-electron chi connectivity index (χ4n) is 2.18. The van der Waals surface area contributed by atoms with Crippen molar-refractivity contribution >= 4 is 46.8 Å². The average molecular weight is 435 g/mol. The van der Waals surface area contributed by atoms with E-state index >= 15 is 0 Å². The second-order valence-corrected chi connectivity index (χ2v) is 6.35. The minimum Gasteiger partial charge on any atom is -0.497 e. The van der Waals surface area contributed by atoms with E-state index in [-0.39, 0.29) is 28.0 Å². The lowest BCUT2D eigenvalue weighted by Crippen LogP contribution is -2.13. The predicted octanol–water partition coefficient (Wildman–Crippen LogP) is 4.10. The third kappa shape index (κ3) is 6.14. The smallest absolute Gasteiger partial charge is 0.343 e. The molecule has 2 aromatic rings. The van der Waals surface area contributed by atoms with Crippen molar-refractivity contribution in [3.8, 4) is 17.6 Å². The van der Waals surface area contributed by atoms with Crippen molar-refractivity contribution in [2.75, 3.05) is 26.1 Å². The summed E-state index contributed by atoms with van der Waals surface area (Å²) >= 11 is 12.3. The summed E-state index contributed by atoms with van der Waals surface area (Å²) in [6, 6.07) is 11.4. The first-order chi connectivity index (χ1) is 13.9. The third-order valence-corrected chi connectivity index (χ3v) is 4.17. The van der Waals surface area contributed by atoms with E-state index in [0.717, 1.165) is 0 Å². The monoisotopic (exact) mass is 434 g/mol. The van der Waals surface area contributed by atoms with E-state index in [1.165, 1.54) is 32.4 Å². The fourth-order valence-corrected chi connectivity index (χ4v) is 2.79. The molecule has 2 aromatic carbocycles. The van der Waals surface area contributed by atoms with Gasteiger partial charge in [0.1, 0.15) is 17.4 Å². The Bertz CT molecular complexity index is 958. The Balaban J connectivity index is 2.19. The lowest BCUT2D eigenvalue weighted by atomic mass is 10.1. The van der Waals surface area contributed by atoms with E-state index in [1.807, 2.05) is 6.07 Å². The number of nitrogens with one attached hydrogen (secondary N) is 1. The lowest BCUT2D eigenvalue weighted by Gasteiger charge is -2.10. The molecule has 29 heavy (non-hydrogen) atoms. The standard InChI is InChI=1S/C20H16Cl2N2O5/c1-27-15-5-3-14(4-6-15)24-20(26)13(10-23)7-12-8-16(21)19(17(22)9-12)29-11-18(25)28-2/h3-9H,11H2,1-2H3,(H,24,26)/b13-7-. The van der Waals surface area contributed by atoms with E-state index in [1.54, 1.807) is 24.3 Å². The van der Waals surface area contributed by atoms with Gasteiger partial charge >= 0.3 is 5.97 Å². The van der Waals surface area contributed by atoms with Gasteiger partial charge in [0.05, 0.1) is 24.3 Å². The van der Waals surface area contributed by atoms with Crippen LogP contribution < -0.4 is 14.8 Å². The summed E-state index contributed by atoms with van der Waals surface area (Å²) in [4.78, 5) is 23.6. The van der Waals surface area contributed by atoms with E-state index in [4.69, 9.17) is 32.7 Å². The van der Waals surface area contributed by atoms with Gasteiger partial charge in [-0.3, -0.25) is 4.79 Å². The van der Waals surface area contributed by atoms with E-state index in [9.17, 15) is 14.9 Å². The number of ether oxygens (including phenoxy) is 3. The number of hydrogen-bond donors (Lipinski definition) is 1. The number of hydrogen-bond acceptors (Lipinski definition) is 6. The topological polar surface area (TPSA) is 97.7 Å². The first kappa shape index (κ1) is 22.1. The van der Waals surface area contributed by atoms with Crippen LogP contribution in [0.1, 0.15) is 5.56 Å². The van der Waals surface area contributed by atoms with E-state index in [0.29, 0.717) is 17.0 Å². The summed E-state index contributed by atoms with van der Waals surface area (Å²) in [6.45, 7) is -0.362. The van der Waals surface area contributed by atoms with Gasteiger partial charge in [0.15, 0.2) is 12.4 Å². The van der Waals surface area contributed by atoms with Crippen molar-refractivity contribution in [3.05, 3.63) is 57.6 Å². The highest BCUT2D eigenvalue weighted by molar-refractivity contribution is 6.37. The number of carbonyl (C=O) groups is 2. The number of amides is 1. The van der Waals surface area contributed by atoms with Crippen LogP contribution >= 0.6 is 23.2 Å². The van der Waals surface area contributed by atoms with Crippen LogP contribution in [0.2, 0.25) is 10.0 Å². The molecule has 0 aromatic heterocycles. The number of esters is 1. The van der Waals surface area contributed by atoms with Crippen LogP contribution in [0.5, 0.6) is 11.5 Å². The maximum atomic E-state index is 12.4. The van der Waals surface area contributed by atoms with Crippen molar-refractivity contribution < 1.29 is 23.8 Å². The van der Waals surface area contributed by atoms with Crippen molar-refractivity contribution in [2.45, 2.75) is 0 Å². The molecule has 0 atom stereocenters. The van der Waals surface area contributed by atoms with Crippen LogP contribution in [-0.4, -0.2) is 32.7 Å². The van der Waals surface area contributed by atoms with Gasteiger partial charge in [-0.15, -0.1) is 0 Å². The largest absolute Gasteiger partial charge is 0.497 e. The summed E-state index contributed by atoms with van der Waals surface area (Å²) < 4.78 is 14.8. The number of halogens is 2. The van der Waals surface area contributed by atoms with Crippen molar-refractivity contribution in [1.29, 1.82) is 5.26 Å². The van der Waals surface area contributed by atoms with E-state index in [2.05, 4.69) is 10.1 Å². The number of rotatable bonds is 7. The molecule has 0 aliphatic heterocycles. The maximum absolute atomic E-state index is 12.4. The zero-order chi connectivity index (χ0) is 21.4. The quantitative estimate of drug-likeness (QED) is 0.400. The van der Waals surface area contributed by atoms with Crippen LogP contribution in [0, 0.1) is 11.3 Å². The van der Waals surface area contributed by atoms with Gasteiger partial charge in [-0.1, -0.05) is 23.2 Å². The summed E-state index contributed by atoms with van der Waals surface area (Å²) in [5.41, 5.74) is 0.752. The number of anilines is 1. The molecule has 1 amide bonds. The molecule has 2 rings (SSSR count). The highest BCUT2D eigenvalue weighted by atomic mass is 35.5. The van der Waals surface area contributed by atoms with E-state index < -0.39 is 11.9 Å². The number of nitrogens with zero attached hydrogens (tertiary/aromatic N) is 1. The molecule has 0 aliphatic rings. The number of methoxy groups -OCH3 is 2. The number of carbonyl (C=O) groups excluding carboxylic acids is 2. The molecular formula is C20H16Cl2N2O5.